The van der Waals surface area contributed by atoms with E-state index >= 15 is 0 Å². The highest BCUT2D eigenvalue weighted by atomic mass is 15.0. The van der Waals surface area contributed by atoms with Gasteiger partial charge in [0.2, 0.25) is 0 Å². The quantitative estimate of drug-likeness (QED) is 0.166. The van der Waals surface area contributed by atoms with Crippen molar-refractivity contribution >= 4 is 21.8 Å². The molecule has 10 aromatic rings. The largest absolute Gasteiger partial charge is 0.309 e. The van der Waals surface area contributed by atoms with E-state index in [4.69, 9.17) is 9.97 Å². The van der Waals surface area contributed by atoms with Gasteiger partial charge in [0.05, 0.1) is 22.4 Å². The van der Waals surface area contributed by atoms with E-state index in [-0.39, 0.29) is 0 Å². The summed E-state index contributed by atoms with van der Waals surface area (Å²) in [6, 6.07) is 75.2. The van der Waals surface area contributed by atoms with Crippen LogP contribution < -0.4 is 0 Å². The van der Waals surface area contributed by atoms with Gasteiger partial charge < -0.3 is 4.57 Å². The van der Waals surface area contributed by atoms with E-state index in [1.54, 1.807) is 0 Å². The van der Waals surface area contributed by atoms with Crippen LogP contribution in [0.3, 0.4) is 0 Å². The van der Waals surface area contributed by atoms with Crippen LogP contribution in [0.25, 0.3) is 94.8 Å². The Balaban J connectivity index is 1.01. The van der Waals surface area contributed by atoms with Gasteiger partial charge in [-0.15, -0.1) is 0 Å². The fourth-order valence-electron chi connectivity index (χ4n) is 7.66. The first-order valence-electron chi connectivity index (χ1n) is 18.7. The molecule has 3 nitrogen and oxygen atoms in total. The number of aromatic nitrogens is 3. The summed E-state index contributed by atoms with van der Waals surface area (Å²) in [5.41, 5.74) is 15.5. The Bertz CT molecular complexity index is 2820. The van der Waals surface area contributed by atoms with E-state index < -0.39 is 0 Å². The third-order valence-corrected chi connectivity index (χ3v) is 10.4. The Labute approximate surface area is 320 Å². The molecule has 55 heavy (non-hydrogen) atoms. The van der Waals surface area contributed by atoms with E-state index in [1.165, 1.54) is 44.1 Å². The zero-order chi connectivity index (χ0) is 36.6. The second-order valence-corrected chi connectivity index (χ2v) is 13.9. The predicted molar refractivity (Wildman–Crippen MR) is 229 cm³/mol. The summed E-state index contributed by atoms with van der Waals surface area (Å²) in [4.78, 5) is 9.98. The van der Waals surface area contributed by atoms with Crippen LogP contribution in [-0.4, -0.2) is 14.5 Å². The molecule has 0 atom stereocenters. The first kappa shape index (κ1) is 32.3. The van der Waals surface area contributed by atoms with Gasteiger partial charge in [-0.25, -0.2) is 9.97 Å². The summed E-state index contributed by atoms with van der Waals surface area (Å²) in [6.07, 6.45) is 0. The van der Waals surface area contributed by atoms with Crippen molar-refractivity contribution in [3.8, 4) is 73.0 Å². The second-order valence-electron chi connectivity index (χ2n) is 13.9. The van der Waals surface area contributed by atoms with Crippen LogP contribution in [0.1, 0.15) is 0 Å². The maximum absolute atomic E-state index is 5.02. The molecule has 0 aliphatic carbocycles. The molecule has 0 bridgehead atoms. The van der Waals surface area contributed by atoms with Crippen molar-refractivity contribution in [3.05, 3.63) is 212 Å². The molecule has 0 saturated carbocycles. The molecule has 0 N–H and O–H groups in total. The zero-order valence-corrected chi connectivity index (χ0v) is 30.0. The van der Waals surface area contributed by atoms with Crippen LogP contribution in [0, 0.1) is 0 Å². The Morgan fingerprint density at radius 3 is 1.15 bits per heavy atom. The third kappa shape index (κ3) is 6.18. The van der Waals surface area contributed by atoms with Crippen molar-refractivity contribution in [1.29, 1.82) is 0 Å². The lowest BCUT2D eigenvalue weighted by Crippen LogP contribution is -1.96. The minimum absolute atomic E-state index is 0.717. The van der Waals surface area contributed by atoms with Gasteiger partial charge >= 0.3 is 0 Å². The van der Waals surface area contributed by atoms with Crippen LogP contribution in [-0.2, 0) is 0 Å². The van der Waals surface area contributed by atoms with E-state index in [0.29, 0.717) is 5.82 Å². The van der Waals surface area contributed by atoms with Gasteiger partial charge in [-0.3, -0.25) is 0 Å². The number of benzene rings is 8. The minimum atomic E-state index is 0.717. The molecular weight excluding hydrogens is 667 g/mol. The normalized spacial score (nSPS) is 11.3. The number of hydrogen-bond acceptors (Lipinski definition) is 2. The first-order chi connectivity index (χ1) is 27.2. The molecule has 2 aromatic heterocycles. The molecule has 0 amide bonds. The van der Waals surface area contributed by atoms with Gasteiger partial charge in [0.1, 0.15) is 0 Å². The SMILES string of the molecule is c1ccc(-c2cc(-c3ccc(-c4ccc(-c5cc(-c6ccccc6)nc(-c6ccccc6)n5)cc4)cc3)cc(-n3c4ccccc4c4ccccc43)c2)cc1. The highest BCUT2D eigenvalue weighted by molar-refractivity contribution is 6.09. The Morgan fingerprint density at radius 1 is 0.273 bits per heavy atom. The fraction of sp³-hybridized carbons (Fsp3) is 0. The summed E-state index contributed by atoms with van der Waals surface area (Å²) in [5.74, 6) is 0.717. The van der Waals surface area contributed by atoms with Crippen LogP contribution in [0.4, 0.5) is 0 Å². The smallest absolute Gasteiger partial charge is 0.160 e. The van der Waals surface area contributed by atoms with E-state index in [2.05, 4.69) is 180 Å². The highest BCUT2D eigenvalue weighted by Gasteiger charge is 2.15. The van der Waals surface area contributed by atoms with Crippen LogP contribution >= 0.6 is 0 Å². The van der Waals surface area contributed by atoms with Crippen LogP contribution in [0.15, 0.2) is 212 Å². The van der Waals surface area contributed by atoms with Gasteiger partial charge in [-0.2, -0.15) is 0 Å². The third-order valence-electron chi connectivity index (χ3n) is 10.4. The Hall–Kier alpha value is -7.36. The van der Waals surface area contributed by atoms with Crippen molar-refractivity contribution < 1.29 is 0 Å². The number of hydrogen-bond donors (Lipinski definition) is 0. The lowest BCUT2D eigenvalue weighted by molar-refractivity contribution is 1.18. The molecule has 0 aliphatic rings. The summed E-state index contributed by atoms with van der Waals surface area (Å²) in [5, 5.41) is 2.52. The van der Waals surface area contributed by atoms with Gasteiger partial charge in [0.15, 0.2) is 5.82 Å². The molecule has 10 rings (SSSR count). The van der Waals surface area contributed by atoms with Crippen molar-refractivity contribution in [2.45, 2.75) is 0 Å². The Kier molecular flexibility index (Phi) is 8.16. The van der Waals surface area contributed by atoms with Crippen LogP contribution in [0.5, 0.6) is 0 Å². The molecule has 2 heterocycles. The molecule has 0 aliphatic heterocycles. The standard InChI is InChI=1S/C52H35N3/c1-4-14-36(15-5-1)43-32-44(34-45(33-43)55-50-22-12-10-20-46(50)47-21-11-13-23-51(47)55)39-26-24-37(25-27-39)38-28-30-41(31-29-38)49-35-48(40-16-6-2-7-17-40)53-52(54-49)42-18-8-3-9-19-42/h1-35H. The molecule has 0 spiro atoms. The fourth-order valence-corrected chi connectivity index (χ4v) is 7.66. The van der Waals surface area contributed by atoms with E-state index in [9.17, 15) is 0 Å². The van der Waals surface area contributed by atoms with E-state index in [1.807, 2.05) is 36.4 Å². The van der Waals surface area contributed by atoms with E-state index in [0.717, 1.165) is 44.9 Å². The van der Waals surface area contributed by atoms with Crippen molar-refractivity contribution in [3.63, 3.8) is 0 Å². The second kappa shape index (κ2) is 13.9. The number of para-hydroxylation sites is 2. The summed E-state index contributed by atoms with van der Waals surface area (Å²) in [7, 11) is 0. The molecule has 0 fully saturated rings. The molecule has 0 unspecified atom stereocenters. The summed E-state index contributed by atoms with van der Waals surface area (Å²) in [6.45, 7) is 0. The predicted octanol–water partition coefficient (Wildman–Crippen LogP) is 13.6. The number of rotatable bonds is 7. The summed E-state index contributed by atoms with van der Waals surface area (Å²) < 4.78 is 2.40. The average Bonchev–Trinajstić information content (AvgIpc) is 3.61. The maximum Gasteiger partial charge on any atom is 0.160 e. The van der Waals surface area contributed by atoms with Crippen molar-refractivity contribution in [2.75, 3.05) is 0 Å². The van der Waals surface area contributed by atoms with Crippen LogP contribution in [0.2, 0.25) is 0 Å². The van der Waals surface area contributed by atoms with Crippen molar-refractivity contribution in [2.24, 2.45) is 0 Å². The Morgan fingerprint density at radius 2 is 0.636 bits per heavy atom. The lowest BCUT2D eigenvalue weighted by Gasteiger charge is -2.14. The number of fused-ring (bicyclic) bond motifs is 3. The molecular formula is C52H35N3. The maximum atomic E-state index is 5.02. The minimum Gasteiger partial charge on any atom is -0.309 e. The molecule has 0 saturated heterocycles. The van der Waals surface area contributed by atoms with Gasteiger partial charge in [0.25, 0.3) is 0 Å². The molecule has 258 valence electrons. The van der Waals surface area contributed by atoms with Gasteiger partial charge in [0, 0.05) is 33.2 Å². The molecule has 3 heteroatoms. The average molecular weight is 702 g/mol. The zero-order valence-electron chi connectivity index (χ0n) is 30.0. The lowest BCUT2D eigenvalue weighted by atomic mass is 9.96. The topological polar surface area (TPSA) is 30.7 Å². The van der Waals surface area contributed by atoms with Gasteiger partial charge in [-0.1, -0.05) is 176 Å². The van der Waals surface area contributed by atoms with Gasteiger partial charge in [-0.05, 0) is 69.8 Å². The molecule has 8 aromatic carbocycles. The highest BCUT2D eigenvalue weighted by Crippen LogP contribution is 2.37. The molecule has 0 radical (unpaired) electrons. The number of nitrogens with zero attached hydrogens (tertiary/aromatic N) is 3. The monoisotopic (exact) mass is 701 g/mol. The van der Waals surface area contributed by atoms with Crippen molar-refractivity contribution in [1.82, 2.24) is 14.5 Å². The first-order valence-corrected chi connectivity index (χ1v) is 18.7. The summed E-state index contributed by atoms with van der Waals surface area (Å²) >= 11 is 0.